The fourth-order valence-corrected chi connectivity index (χ4v) is 4.89. The maximum absolute atomic E-state index is 15.0. The lowest BCUT2D eigenvalue weighted by molar-refractivity contribution is 0.501. The smallest absolute Gasteiger partial charge is 0.229 e. The molecule has 0 amide bonds. The molecule has 2 aliphatic heterocycles. The van der Waals surface area contributed by atoms with E-state index in [9.17, 15) is 8.78 Å². The van der Waals surface area contributed by atoms with Crippen LogP contribution in [0.5, 0.6) is 0 Å². The summed E-state index contributed by atoms with van der Waals surface area (Å²) < 4.78 is 31.8. The van der Waals surface area contributed by atoms with Crippen molar-refractivity contribution >= 4 is 28.5 Å². The van der Waals surface area contributed by atoms with Crippen molar-refractivity contribution in [2.45, 2.75) is 26.3 Å². The first-order chi connectivity index (χ1) is 17.1. The summed E-state index contributed by atoms with van der Waals surface area (Å²) in [6.45, 7) is 6.68. The fraction of sp³-hybridized carbons (Fsp3) is 0.360. The van der Waals surface area contributed by atoms with Gasteiger partial charge in [0.25, 0.3) is 0 Å². The quantitative estimate of drug-likeness (QED) is 0.452. The Hall–Kier alpha value is -3.66. The van der Waals surface area contributed by atoms with Gasteiger partial charge in [-0.3, -0.25) is 0 Å². The van der Waals surface area contributed by atoms with Gasteiger partial charge in [0.1, 0.15) is 22.9 Å². The summed E-state index contributed by atoms with van der Waals surface area (Å²) in [4.78, 5) is 19.6. The van der Waals surface area contributed by atoms with Crippen LogP contribution in [0.2, 0.25) is 0 Å². The highest BCUT2D eigenvalue weighted by atomic mass is 19.1. The molecule has 0 spiro atoms. The summed E-state index contributed by atoms with van der Waals surface area (Å²) in [7, 11) is 0. The Morgan fingerprint density at radius 1 is 1.06 bits per heavy atom. The molecule has 180 valence electrons. The van der Waals surface area contributed by atoms with Gasteiger partial charge in [0.2, 0.25) is 5.95 Å². The molecule has 3 aromatic heterocycles. The van der Waals surface area contributed by atoms with E-state index in [1.165, 1.54) is 6.07 Å². The number of hydrogen-bond donors (Lipinski definition) is 2. The Kier molecular flexibility index (Phi) is 5.52. The van der Waals surface area contributed by atoms with Gasteiger partial charge in [0.15, 0.2) is 11.6 Å². The summed E-state index contributed by atoms with van der Waals surface area (Å²) in [5.74, 6) is 1.000. The van der Waals surface area contributed by atoms with Crippen LogP contribution < -0.4 is 15.5 Å². The number of rotatable bonds is 5. The van der Waals surface area contributed by atoms with Crippen molar-refractivity contribution in [1.82, 2.24) is 29.8 Å². The number of hydrogen-bond acceptors (Lipinski definition) is 7. The highest BCUT2D eigenvalue weighted by Crippen LogP contribution is 2.33. The molecule has 1 atom stereocenters. The Labute approximate surface area is 201 Å². The van der Waals surface area contributed by atoms with Gasteiger partial charge in [-0.15, -0.1) is 0 Å². The molecule has 1 unspecified atom stereocenters. The molecule has 0 radical (unpaired) electrons. The van der Waals surface area contributed by atoms with Gasteiger partial charge in [0.05, 0.1) is 23.6 Å². The lowest BCUT2D eigenvalue weighted by Crippen LogP contribution is -2.43. The highest BCUT2D eigenvalue weighted by molar-refractivity contribution is 5.83. The van der Waals surface area contributed by atoms with E-state index < -0.39 is 11.6 Å². The Morgan fingerprint density at radius 2 is 1.91 bits per heavy atom. The molecule has 8 nitrogen and oxygen atoms in total. The Balaban J connectivity index is 1.29. The number of halogens is 2. The maximum Gasteiger partial charge on any atom is 0.229 e. The van der Waals surface area contributed by atoms with Crippen molar-refractivity contribution in [3.63, 3.8) is 0 Å². The van der Waals surface area contributed by atoms with Gasteiger partial charge in [-0.25, -0.2) is 28.7 Å². The third-order valence-electron chi connectivity index (χ3n) is 6.86. The average Bonchev–Trinajstić information content (AvgIpc) is 3.45. The Bertz CT molecular complexity index is 1380. The number of anilines is 3. The number of imidazole rings is 1. The van der Waals surface area contributed by atoms with Crippen molar-refractivity contribution in [1.29, 1.82) is 0 Å². The van der Waals surface area contributed by atoms with Crippen LogP contribution in [0.3, 0.4) is 0 Å². The van der Waals surface area contributed by atoms with Crippen LogP contribution in [0.1, 0.15) is 19.2 Å². The lowest BCUT2D eigenvalue weighted by Gasteiger charge is -2.29. The van der Waals surface area contributed by atoms with Crippen LogP contribution in [-0.4, -0.2) is 50.7 Å². The van der Waals surface area contributed by atoms with E-state index in [4.69, 9.17) is 0 Å². The van der Waals surface area contributed by atoms with Crippen LogP contribution in [0.25, 0.3) is 22.3 Å². The summed E-state index contributed by atoms with van der Waals surface area (Å²) in [5, 5.41) is 6.36. The molecular formula is C25H26F2N8. The second-order valence-corrected chi connectivity index (χ2v) is 9.10. The molecule has 1 saturated heterocycles. The lowest BCUT2D eigenvalue weighted by atomic mass is 10.1. The van der Waals surface area contributed by atoms with E-state index in [0.29, 0.717) is 28.3 Å². The molecule has 2 aliphatic rings. The molecule has 1 aromatic carbocycles. The number of nitrogens with zero attached hydrogens (tertiary/aromatic N) is 6. The SMILES string of the molecule is CCC1Cc2nc3c(F)cc(-c4nc(Nc5ccc(N6CCNCC6)cn5)ncc4F)cc3n2C1. The van der Waals surface area contributed by atoms with Gasteiger partial charge in [-0.1, -0.05) is 13.3 Å². The van der Waals surface area contributed by atoms with Crippen LogP contribution in [0, 0.1) is 17.6 Å². The van der Waals surface area contributed by atoms with Crippen LogP contribution in [-0.2, 0) is 13.0 Å². The van der Waals surface area contributed by atoms with Crippen molar-refractivity contribution in [2.75, 3.05) is 36.4 Å². The number of piperazine rings is 1. The van der Waals surface area contributed by atoms with Crippen LogP contribution in [0.4, 0.5) is 26.2 Å². The van der Waals surface area contributed by atoms with Gasteiger partial charge < -0.3 is 20.1 Å². The molecule has 0 saturated carbocycles. The van der Waals surface area contributed by atoms with Crippen molar-refractivity contribution < 1.29 is 8.78 Å². The third kappa shape index (κ3) is 4.07. The third-order valence-corrected chi connectivity index (χ3v) is 6.86. The van der Waals surface area contributed by atoms with E-state index in [1.807, 2.05) is 16.7 Å². The van der Waals surface area contributed by atoms with Gasteiger partial charge >= 0.3 is 0 Å². The van der Waals surface area contributed by atoms with E-state index in [0.717, 1.165) is 63.3 Å². The molecule has 35 heavy (non-hydrogen) atoms. The molecule has 0 aliphatic carbocycles. The first-order valence-electron chi connectivity index (χ1n) is 12.0. The zero-order chi connectivity index (χ0) is 23.9. The minimum absolute atomic E-state index is 0.0290. The number of benzene rings is 1. The second kappa shape index (κ2) is 8.84. The normalized spacial score (nSPS) is 17.7. The Morgan fingerprint density at radius 3 is 2.69 bits per heavy atom. The van der Waals surface area contributed by atoms with E-state index in [1.54, 1.807) is 12.3 Å². The fourth-order valence-electron chi connectivity index (χ4n) is 4.89. The standard InChI is InChI=1S/C25H26F2N8/c1-2-15-9-22-32-24-18(26)10-16(11-20(24)35(22)14-15)23-19(27)13-30-25(33-23)31-21-4-3-17(12-29-21)34-7-5-28-6-8-34/h3-4,10-13,15,28H,2,5-9,14H2,1H3,(H,29,30,31,33). The first kappa shape index (κ1) is 21.8. The van der Waals surface area contributed by atoms with Crippen LogP contribution in [0.15, 0.2) is 36.7 Å². The summed E-state index contributed by atoms with van der Waals surface area (Å²) in [5.41, 5.74) is 2.41. The zero-order valence-electron chi connectivity index (χ0n) is 19.4. The minimum atomic E-state index is -0.621. The molecule has 2 N–H and O–H groups in total. The predicted octanol–water partition coefficient (Wildman–Crippen LogP) is 3.90. The van der Waals surface area contributed by atoms with Gasteiger partial charge in [-0.05, 0) is 30.2 Å². The van der Waals surface area contributed by atoms with E-state index >= 15 is 0 Å². The first-order valence-corrected chi connectivity index (χ1v) is 12.0. The number of aromatic nitrogens is 5. The van der Waals surface area contributed by atoms with E-state index in [2.05, 4.69) is 42.4 Å². The molecule has 4 aromatic rings. The maximum atomic E-state index is 15.0. The highest BCUT2D eigenvalue weighted by Gasteiger charge is 2.26. The van der Waals surface area contributed by atoms with Crippen molar-refractivity contribution in [3.8, 4) is 11.3 Å². The minimum Gasteiger partial charge on any atom is -0.368 e. The van der Waals surface area contributed by atoms with Crippen molar-refractivity contribution in [2.24, 2.45) is 5.92 Å². The number of fused-ring (bicyclic) bond motifs is 3. The summed E-state index contributed by atoms with van der Waals surface area (Å²) >= 11 is 0. The average molecular weight is 477 g/mol. The molecule has 6 rings (SSSR count). The summed E-state index contributed by atoms with van der Waals surface area (Å²) in [6.07, 6.45) is 4.75. The molecule has 5 heterocycles. The summed E-state index contributed by atoms with van der Waals surface area (Å²) in [6, 6.07) is 6.88. The van der Waals surface area contributed by atoms with E-state index in [-0.39, 0.29) is 11.6 Å². The van der Waals surface area contributed by atoms with Gasteiger partial charge in [-0.2, -0.15) is 0 Å². The number of pyridine rings is 1. The van der Waals surface area contributed by atoms with Crippen LogP contribution >= 0.6 is 0 Å². The zero-order valence-corrected chi connectivity index (χ0v) is 19.4. The molecule has 10 heteroatoms. The predicted molar refractivity (Wildman–Crippen MR) is 131 cm³/mol. The molecular weight excluding hydrogens is 450 g/mol. The molecule has 0 bridgehead atoms. The van der Waals surface area contributed by atoms with Gasteiger partial charge in [0, 0.05) is 44.7 Å². The monoisotopic (exact) mass is 476 g/mol. The van der Waals surface area contributed by atoms with Crippen molar-refractivity contribution in [3.05, 3.63) is 54.1 Å². The second-order valence-electron chi connectivity index (χ2n) is 9.10. The molecule has 1 fully saturated rings. The number of nitrogens with one attached hydrogen (secondary N) is 2. The topological polar surface area (TPSA) is 83.8 Å². The largest absolute Gasteiger partial charge is 0.368 e.